The Morgan fingerprint density at radius 3 is 2.35 bits per heavy atom. The van der Waals surface area contributed by atoms with E-state index in [1.807, 2.05) is 0 Å². The van der Waals surface area contributed by atoms with Crippen molar-refractivity contribution in [3.8, 4) is 0 Å². The molecule has 0 unspecified atom stereocenters. The average Bonchev–Trinajstić information content (AvgIpc) is 2.93. The highest BCUT2D eigenvalue weighted by Gasteiger charge is 2.23. The lowest BCUT2D eigenvalue weighted by Gasteiger charge is -2.10. The van der Waals surface area contributed by atoms with Gasteiger partial charge in [0.25, 0.3) is 0 Å². The lowest BCUT2D eigenvalue weighted by Crippen LogP contribution is -2.04. The third-order valence-electron chi connectivity index (χ3n) is 4.93. The van der Waals surface area contributed by atoms with Crippen LogP contribution in [-0.4, -0.2) is 15.7 Å². The van der Waals surface area contributed by atoms with Crippen LogP contribution in [0.3, 0.4) is 0 Å². The molecule has 0 spiro atoms. The van der Waals surface area contributed by atoms with Crippen LogP contribution in [0.2, 0.25) is 0 Å². The van der Waals surface area contributed by atoms with Gasteiger partial charge in [0.15, 0.2) is 0 Å². The third-order valence-corrected chi connectivity index (χ3v) is 7.00. The Kier molecular flexibility index (Phi) is 5.34. The van der Waals surface area contributed by atoms with E-state index >= 15 is 0 Å². The highest BCUT2D eigenvalue weighted by molar-refractivity contribution is 8.00. The summed E-state index contributed by atoms with van der Waals surface area (Å²) in [6.07, 6.45) is 1.59. The van der Waals surface area contributed by atoms with Gasteiger partial charge in [-0.15, -0.1) is 0 Å². The summed E-state index contributed by atoms with van der Waals surface area (Å²) in [5.74, 6) is -0.267. The summed E-state index contributed by atoms with van der Waals surface area (Å²) in [7, 11) is 0. The minimum Gasteiger partial charge on any atom is -0.242 e. The van der Waals surface area contributed by atoms with Gasteiger partial charge >= 0.3 is 0 Å². The molecule has 0 fully saturated rings. The van der Waals surface area contributed by atoms with Crippen LogP contribution >= 0.6 is 23.5 Å². The van der Waals surface area contributed by atoms with E-state index in [1.165, 1.54) is 17.7 Å². The number of aliphatic imine (C=N–C) groups is 1. The van der Waals surface area contributed by atoms with E-state index in [9.17, 15) is 4.39 Å². The molecule has 5 rings (SSSR count). The molecule has 152 valence electrons. The van der Waals surface area contributed by atoms with Crippen molar-refractivity contribution in [3.05, 3.63) is 101 Å². The quantitative estimate of drug-likeness (QED) is 0.281. The van der Waals surface area contributed by atoms with Gasteiger partial charge in [0.05, 0.1) is 5.71 Å². The number of hydrogen-bond acceptors (Lipinski definition) is 5. The van der Waals surface area contributed by atoms with E-state index in [4.69, 9.17) is 4.99 Å². The molecule has 0 bridgehead atoms. The van der Waals surface area contributed by atoms with Crippen LogP contribution < -0.4 is 0 Å². The Morgan fingerprint density at radius 1 is 0.839 bits per heavy atom. The molecule has 0 amide bonds. The van der Waals surface area contributed by atoms with Crippen molar-refractivity contribution in [1.29, 1.82) is 0 Å². The molecule has 3 aromatic carbocycles. The van der Waals surface area contributed by atoms with Crippen molar-refractivity contribution < 1.29 is 4.39 Å². The first-order chi connectivity index (χ1) is 15.1. The Balaban J connectivity index is 1.69. The molecule has 1 aromatic heterocycles. The molecule has 1 aliphatic heterocycles. The summed E-state index contributed by atoms with van der Waals surface area (Å²) in [6, 6.07) is 21.1. The maximum atomic E-state index is 13.6. The van der Waals surface area contributed by atoms with E-state index in [2.05, 4.69) is 66.3 Å². The van der Waals surface area contributed by atoms with Crippen molar-refractivity contribution >= 4 is 34.9 Å². The predicted molar refractivity (Wildman–Crippen MR) is 124 cm³/mol. The summed E-state index contributed by atoms with van der Waals surface area (Å²) in [4.78, 5) is 16.3. The standard InChI is InChI=1S/C25H18FN3S2/c1-15-3-10-19(11-4-15)30-24-23-25(28-14-27-24)31-21-12-5-16(2)13-20(21)22(29-23)17-6-8-18(26)9-7-17/h3-14H,1-2H3. The molecule has 0 saturated heterocycles. The molecule has 0 N–H and O–H groups in total. The Hall–Kier alpha value is -2.96. The van der Waals surface area contributed by atoms with E-state index in [1.54, 1.807) is 42.0 Å². The Labute approximate surface area is 188 Å². The number of fused-ring (bicyclic) bond motifs is 2. The number of aromatic nitrogens is 2. The fourth-order valence-corrected chi connectivity index (χ4v) is 5.18. The van der Waals surface area contributed by atoms with Crippen LogP contribution in [0.15, 0.2) is 97.9 Å². The highest BCUT2D eigenvalue weighted by atomic mass is 32.2. The minimum atomic E-state index is -0.267. The SMILES string of the molecule is Cc1ccc(Sc2ncnc3c2N=C(c2ccc(F)cc2)c2cc(C)ccc2S3)cc1. The molecule has 0 aliphatic carbocycles. The van der Waals surface area contributed by atoms with Crippen LogP contribution in [0.5, 0.6) is 0 Å². The van der Waals surface area contributed by atoms with Gasteiger partial charge in [-0.05, 0) is 62.4 Å². The average molecular weight is 444 g/mol. The monoisotopic (exact) mass is 443 g/mol. The van der Waals surface area contributed by atoms with E-state index in [-0.39, 0.29) is 5.82 Å². The number of benzene rings is 3. The largest absolute Gasteiger partial charge is 0.242 e. The second-order valence-corrected chi connectivity index (χ2v) is 9.41. The van der Waals surface area contributed by atoms with Crippen LogP contribution in [0.25, 0.3) is 0 Å². The minimum absolute atomic E-state index is 0.267. The lowest BCUT2D eigenvalue weighted by atomic mass is 10.0. The summed E-state index contributed by atoms with van der Waals surface area (Å²) in [5.41, 5.74) is 5.76. The van der Waals surface area contributed by atoms with E-state index < -0.39 is 0 Å². The summed E-state index contributed by atoms with van der Waals surface area (Å²) in [5, 5.41) is 1.61. The Bertz CT molecular complexity index is 1300. The molecular weight excluding hydrogens is 425 g/mol. The van der Waals surface area contributed by atoms with Crippen molar-refractivity contribution in [1.82, 2.24) is 9.97 Å². The molecule has 4 aromatic rings. The second-order valence-electron chi connectivity index (χ2n) is 7.32. The van der Waals surface area contributed by atoms with Crippen molar-refractivity contribution in [2.24, 2.45) is 4.99 Å². The molecule has 0 saturated carbocycles. The fourth-order valence-electron chi connectivity index (χ4n) is 3.33. The molecule has 31 heavy (non-hydrogen) atoms. The normalized spacial score (nSPS) is 12.5. The molecule has 2 heterocycles. The first-order valence-corrected chi connectivity index (χ1v) is 11.4. The van der Waals surface area contributed by atoms with Crippen molar-refractivity contribution in [2.75, 3.05) is 0 Å². The lowest BCUT2D eigenvalue weighted by molar-refractivity contribution is 0.628. The number of nitrogens with zero attached hydrogens (tertiary/aromatic N) is 3. The third kappa shape index (κ3) is 4.13. The summed E-state index contributed by atoms with van der Waals surface area (Å²) >= 11 is 3.16. The van der Waals surface area contributed by atoms with Crippen molar-refractivity contribution in [2.45, 2.75) is 33.7 Å². The van der Waals surface area contributed by atoms with Crippen LogP contribution in [0, 0.1) is 19.7 Å². The van der Waals surface area contributed by atoms with E-state index in [0.717, 1.165) is 47.9 Å². The van der Waals surface area contributed by atoms with Crippen LogP contribution in [-0.2, 0) is 0 Å². The van der Waals surface area contributed by atoms with Gasteiger partial charge in [-0.25, -0.2) is 19.4 Å². The maximum Gasteiger partial charge on any atom is 0.131 e. The zero-order valence-electron chi connectivity index (χ0n) is 17.0. The number of halogens is 1. The van der Waals surface area contributed by atoms with Gasteiger partial charge < -0.3 is 0 Å². The van der Waals surface area contributed by atoms with Gasteiger partial charge in [0.1, 0.15) is 27.9 Å². The molecule has 3 nitrogen and oxygen atoms in total. The number of aryl methyl sites for hydroxylation is 2. The van der Waals surface area contributed by atoms with Crippen molar-refractivity contribution in [3.63, 3.8) is 0 Å². The van der Waals surface area contributed by atoms with Gasteiger partial charge in [-0.3, -0.25) is 0 Å². The zero-order valence-corrected chi connectivity index (χ0v) is 18.6. The first kappa shape index (κ1) is 20.0. The van der Waals surface area contributed by atoms with Crippen LogP contribution in [0.4, 0.5) is 10.1 Å². The molecule has 0 radical (unpaired) electrons. The maximum absolute atomic E-state index is 13.6. The summed E-state index contributed by atoms with van der Waals surface area (Å²) in [6.45, 7) is 4.13. The molecule has 0 atom stereocenters. The molecule has 6 heteroatoms. The van der Waals surface area contributed by atoms with E-state index in [0.29, 0.717) is 0 Å². The smallest absolute Gasteiger partial charge is 0.131 e. The van der Waals surface area contributed by atoms with Gasteiger partial charge in [0.2, 0.25) is 0 Å². The number of rotatable bonds is 3. The first-order valence-electron chi connectivity index (χ1n) is 9.80. The fraction of sp³-hybridized carbons (Fsp3) is 0.0800. The molecule has 1 aliphatic rings. The Morgan fingerprint density at radius 2 is 1.58 bits per heavy atom. The highest BCUT2D eigenvalue weighted by Crippen LogP contribution is 2.45. The predicted octanol–water partition coefficient (Wildman–Crippen LogP) is 7.02. The van der Waals surface area contributed by atoms with Crippen LogP contribution in [0.1, 0.15) is 22.3 Å². The van der Waals surface area contributed by atoms with Gasteiger partial charge in [-0.1, -0.05) is 52.8 Å². The van der Waals surface area contributed by atoms with Gasteiger partial charge in [-0.2, -0.15) is 0 Å². The summed E-state index contributed by atoms with van der Waals surface area (Å²) < 4.78 is 13.6. The topological polar surface area (TPSA) is 38.1 Å². The number of hydrogen-bond donors (Lipinski definition) is 0. The van der Waals surface area contributed by atoms with Gasteiger partial charge in [0, 0.05) is 20.9 Å². The molecular formula is C25H18FN3S2. The second kappa shape index (κ2) is 8.29. The zero-order chi connectivity index (χ0) is 21.4.